The van der Waals surface area contributed by atoms with Gasteiger partial charge in [0.1, 0.15) is 0 Å². The lowest BCUT2D eigenvalue weighted by molar-refractivity contribution is -0.394. The number of nitrogens with zero attached hydrogens (tertiary/aromatic N) is 4. The molecule has 12 heteroatoms. The summed E-state index contributed by atoms with van der Waals surface area (Å²) in [6, 6.07) is 8.02. The van der Waals surface area contributed by atoms with Crippen LogP contribution in [0, 0.1) is 20.2 Å². The van der Waals surface area contributed by atoms with Gasteiger partial charge in [0.15, 0.2) is 4.80 Å². The van der Waals surface area contributed by atoms with Crippen LogP contribution in [0.4, 0.5) is 11.4 Å². The van der Waals surface area contributed by atoms with Gasteiger partial charge in [0.05, 0.1) is 43.3 Å². The van der Waals surface area contributed by atoms with Crippen molar-refractivity contribution in [1.29, 1.82) is 0 Å². The minimum atomic E-state index is -0.838. The minimum absolute atomic E-state index is 0.254. The normalized spacial score (nSPS) is 11.7. The van der Waals surface area contributed by atoms with Crippen molar-refractivity contribution >= 4 is 50.4 Å². The number of hydrogen-bond donors (Lipinski definition) is 0. The number of ether oxygens (including phenoxy) is 1. The number of para-hydroxylation sites is 1. The summed E-state index contributed by atoms with van der Waals surface area (Å²) in [5.41, 5.74) is -0.700. The number of nitro groups is 2. The van der Waals surface area contributed by atoms with E-state index in [1.54, 1.807) is 16.7 Å². The van der Waals surface area contributed by atoms with Crippen molar-refractivity contribution in [3.63, 3.8) is 0 Å². The number of halogens is 1. The number of aromatic nitrogens is 1. The highest BCUT2D eigenvalue weighted by molar-refractivity contribution is 7.16. The van der Waals surface area contributed by atoms with Crippen molar-refractivity contribution in [3.8, 4) is 0 Å². The molecule has 0 fully saturated rings. The van der Waals surface area contributed by atoms with Gasteiger partial charge in [-0.1, -0.05) is 29.0 Å². The number of amides is 1. The van der Waals surface area contributed by atoms with Crippen molar-refractivity contribution < 1.29 is 19.4 Å². The van der Waals surface area contributed by atoms with E-state index in [1.807, 2.05) is 13.0 Å². The van der Waals surface area contributed by atoms with Crippen LogP contribution < -0.4 is 4.80 Å². The van der Waals surface area contributed by atoms with Crippen LogP contribution in [0.25, 0.3) is 10.2 Å². The third kappa shape index (κ3) is 4.53. The van der Waals surface area contributed by atoms with E-state index >= 15 is 0 Å². The fourth-order valence-electron chi connectivity index (χ4n) is 2.76. The molecule has 1 aromatic heterocycles. The molecule has 0 spiro atoms. The molecule has 0 atom stereocenters. The molecule has 0 aliphatic rings. The standard InChI is InChI=1S/C18H15ClN4O6S/c1-2-29-7-6-21-16-14(19)4-3-5-15(16)30-18(21)20-17(24)11-8-12(22(25)26)10-13(9-11)23(27)28/h3-5,8-10H,2,6-7H2,1H3. The number of rotatable bonds is 7. The number of nitro benzene ring substituents is 2. The molecule has 0 aliphatic heterocycles. The summed E-state index contributed by atoms with van der Waals surface area (Å²) in [5, 5.41) is 22.6. The van der Waals surface area contributed by atoms with Crippen molar-refractivity contribution in [3.05, 3.63) is 72.0 Å². The van der Waals surface area contributed by atoms with E-state index < -0.39 is 27.1 Å². The monoisotopic (exact) mass is 450 g/mol. The lowest BCUT2D eigenvalue weighted by Gasteiger charge is -2.06. The molecule has 3 aromatic rings. The molecule has 156 valence electrons. The van der Waals surface area contributed by atoms with E-state index in [9.17, 15) is 25.0 Å². The van der Waals surface area contributed by atoms with Gasteiger partial charge in [-0.3, -0.25) is 25.0 Å². The molecule has 3 rings (SSSR count). The van der Waals surface area contributed by atoms with E-state index in [2.05, 4.69) is 4.99 Å². The number of thiazole rings is 1. The second-order valence-corrected chi connectivity index (χ2v) is 7.41. The molecule has 10 nitrogen and oxygen atoms in total. The van der Waals surface area contributed by atoms with Crippen LogP contribution in [0.15, 0.2) is 41.4 Å². The fourth-order valence-corrected chi connectivity index (χ4v) is 4.17. The Morgan fingerprint density at radius 2 is 1.87 bits per heavy atom. The second kappa shape index (κ2) is 9.11. The van der Waals surface area contributed by atoms with E-state index in [4.69, 9.17) is 16.3 Å². The van der Waals surface area contributed by atoms with Crippen LogP contribution >= 0.6 is 22.9 Å². The van der Waals surface area contributed by atoms with Gasteiger partial charge in [-0.2, -0.15) is 4.99 Å². The molecule has 0 saturated heterocycles. The van der Waals surface area contributed by atoms with Gasteiger partial charge in [0.2, 0.25) is 0 Å². The van der Waals surface area contributed by atoms with Gasteiger partial charge in [0.25, 0.3) is 17.3 Å². The van der Waals surface area contributed by atoms with E-state index in [0.717, 1.165) is 22.9 Å². The zero-order valence-electron chi connectivity index (χ0n) is 15.6. The Morgan fingerprint density at radius 3 is 2.47 bits per heavy atom. The maximum atomic E-state index is 12.7. The van der Waals surface area contributed by atoms with Gasteiger partial charge in [0, 0.05) is 25.3 Å². The van der Waals surface area contributed by atoms with E-state index in [-0.39, 0.29) is 5.56 Å². The van der Waals surface area contributed by atoms with Gasteiger partial charge < -0.3 is 9.30 Å². The van der Waals surface area contributed by atoms with Crippen LogP contribution in [-0.2, 0) is 11.3 Å². The average Bonchev–Trinajstić information content (AvgIpc) is 3.06. The lowest BCUT2D eigenvalue weighted by Crippen LogP contribution is -2.20. The number of carbonyl (C=O) groups excluding carboxylic acids is 1. The van der Waals surface area contributed by atoms with Gasteiger partial charge >= 0.3 is 0 Å². The number of hydrogen-bond acceptors (Lipinski definition) is 7. The molecule has 0 unspecified atom stereocenters. The van der Waals surface area contributed by atoms with Crippen molar-refractivity contribution in [2.75, 3.05) is 13.2 Å². The van der Waals surface area contributed by atoms with Crippen molar-refractivity contribution in [1.82, 2.24) is 4.57 Å². The highest BCUT2D eigenvalue weighted by atomic mass is 35.5. The summed E-state index contributed by atoms with van der Waals surface area (Å²) >= 11 is 7.53. The molecule has 0 radical (unpaired) electrons. The summed E-state index contributed by atoms with van der Waals surface area (Å²) < 4.78 is 7.90. The zero-order valence-corrected chi connectivity index (χ0v) is 17.2. The summed E-state index contributed by atoms with van der Waals surface area (Å²) in [5.74, 6) is -0.838. The average molecular weight is 451 g/mol. The number of carbonyl (C=O) groups is 1. The maximum absolute atomic E-state index is 12.7. The smallest absolute Gasteiger partial charge is 0.280 e. The van der Waals surface area contributed by atoms with Gasteiger partial charge in [-0.15, -0.1) is 0 Å². The number of non-ortho nitro benzene ring substituents is 2. The van der Waals surface area contributed by atoms with Crippen molar-refractivity contribution in [2.24, 2.45) is 4.99 Å². The Morgan fingerprint density at radius 1 is 1.20 bits per heavy atom. The molecule has 0 bridgehead atoms. The van der Waals surface area contributed by atoms with Crippen LogP contribution in [0.3, 0.4) is 0 Å². The lowest BCUT2D eigenvalue weighted by atomic mass is 10.1. The van der Waals surface area contributed by atoms with Crippen LogP contribution in [0.5, 0.6) is 0 Å². The highest BCUT2D eigenvalue weighted by Crippen LogP contribution is 2.26. The second-order valence-electron chi connectivity index (χ2n) is 5.99. The van der Waals surface area contributed by atoms with Crippen molar-refractivity contribution in [2.45, 2.75) is 13.5 Å². The number of fused-ring (bicyclic) bond motifs is 1. The topological polar surface area (TPSA) is 130 Å². The summed E-state index contributed by atoms with van der Waals surface area (Å²) in [6.07, 6.45) is 0. The van der Waals surface area contributed by atoms with Crippen LogP contribution in [-0.4, -0.2) is 33.5 Å². The molecule has 0 aliphatic carbocycles. The SMILES string of the molecule is CCOCCn1c(=NC(=O)c2cc([N+](=O)[O-])cc([N+](=O)[O-])c2)sc2cccc(Cl)c21. The van der Waals surface area contributed by atoms with Crippen LogP contribution in [0.1, 0.15) is 17.3 Å². The first-order valence-electron chi connectivity index (χ1n) is 8.70. The molecule has 1 amide bonds. The van der Waals surface area contributed by atoms with E-state index in [1.165, 1.54) is 11.3 Å². The minimum Gasteiger partial charge on any atom is -0.380 e. The molecular formula is C18H15ClN4O6S. The van der Waals surface area contributed by atoms with E-state index in [0.29, 0.717) is 35.1 Å². The predicted octanol–water partition coefficient (Wildman–Crippen LogP) is 3.95. The Balaban J connectivity index is 2.13. The number of benzene rings is 2. The van der Waals surface area contributed by atoms with Gasteiger partial charge in [-0.05, 0) is 19.1 Å². The zero-order chi connectivity index (χ0) is 21.8. The first kappa shape index (κ1) is 21.6. The third-order valence-corrected chi connectivity index (χ3v) is 5.43. The first-order valence-corrected chi connectivity index (χ1v) is 9.89. The predicted molar refractivity (Wildman–Crippen MR) is 111 cm³/mol. The molecule has 30 heavy (non-hydrogen) atoms. The first-order chi connectivity index (χ1) is 14.3. The van der Waals surface area contributed by atoms with Crippen LogP contribution in [0.2, 0.25) is 5.02 Å². The molecular weight excluding hydrogens is 436 g/mol. The Kier molecular flexibility index (Phi) is 6.55. The molecule has 2 aromatic carbocycles. The summed E-state index contributed by atoms with van der Waals surface area (Å²) in [4.78, 5) is 37.6. The maximum Gasteiger partial charge on any atom is 0.280 e. The molecule has 0 N–H and O–H groups in total. The van der Waals surface area contributed by atoms with Gasteiger partial charge in [-0.25, -0.2) is 0 Å². The Hall–Kier alpha value is -3.15. The fraction of sp³-hybridized carbons (Fsp3) is 0.222. The highest BCUT2D eigenvalue weighted by Gasteiger charge is 2.20. The quantitative estimate of drug-likeness (QED) is 0.304. The Labute approximate surface area is 178 Å². The molecule has 1 heterocycles. The Bertz CT molecular complexity index is 1190. The molecule has 0 saturated carbocycles. The third-order valence-electron chi connectivity index (χ3n) is 4.08. The summed E-state index contributed by atoms with van der Waals surface area (Å²) in [7, 11) is 0. The largest absolute Gasteiger partial charge is 0.380 e. The summed E-state index contributed by atoms with van der Waals surface area (Å²) in [6.45, 7) is 3.10.